The molecule has 1 atom stereocenters. The second-order valence-corrected chi connectivity index (χ2v) is 10.6. The van der Waals surface area contributed by atoms with Crippen molar-refractivity contribution in [1.82, 2.24) is 19.2 Å². The molecular formula is C24H24ClN5O3S. The van der Waals surface area contributed by atoms with E-state index in [2.05, 4.69) is 10.3 Å². The Morgan fingerprint density at radius 2 is 1.79 bits per heavy atom. The van der Waals surface area contributed by atoms with Gasteiger partial charge in [-0.05, 0) is 54.8 Å². The zero-order valence-corrected chi connectivity index (χ0v) is 20.1. The largest absolute Gasteiger partial charge is 0.342 e. The van der Waals surface area contributed by atoms with Crippen LogP contribution in [0, 0.1) is 17.2 Å². The second kappa shape index (κ2) is 9.97. The maximum atomic E-state index is 13.2. The number of carbonyl (C=O) groups excluding carboxylic acids is 1. The first-order valence-corrected chi connectivity index (χ1v) is 12.6. The molecule has 1 aliphatic rings. The van der Waals surface area contributed by atoms with Crippen molar-refractivity contribution in [2.45, 2.75) is 23.8 Å². The van der Waals surface area contributed by atoms with E-state index in [-0.39, 0.29) is 29.8 Å². The molecule has 1 amide bonds. The van der Waals surface area contributed by atoms with Gasteiger partial charge < -0.3 is 9.88 Å². The molecule has 34 heavy (non-hydrogen) atoms. The Bertz CT molecular complexity index is 1310. The molecule has 0 saturated carbocycles. The van der Waals surface area contributed by atoms with Crippen LogP contribution < -0.4 is 5.32 Å². The number of sulfonamides is 1. The number of nitriles is 1. The van der Waals surface area contributed by atoms with Crippen molar-refractivity contribution >= 4 is 27.5 Å². The first-order valence-electron chi connectivity index (χ1n) is 10.8. The number of hydrogen-bond acceptors (Lipinski definition) is 5. The van der Waals surface area contributed by atoms with Gasteiger partial charge in [-0.1, -0.05) is 23.7 Å². The fourth-order valence-electron chi connectivity index (χ4n) is 4.08. The molecule has 2 aromatic carbocycles. The van der Waals surface area contributed by atoms with Gasteiger partial charge in [-0.25, -0.2) is 13.4 Å². The van der Waals surface area contributed by atoms with Crippen LogP contribution in [0.15, 0.2) is 65.8 Å². The summed E-state index contributed by atoms with van der Waals surface area (Å²) >= 11 is 6.03. The number of nitrogens with zero attached hydrogens (tertiary/aromatic N) is 4. The van der Waals surface area contributed by atoms with Gasteiger partial charge in [0.25, 0.3) is 0 Å². The van der Waals surface area contributed by atoms with E-state index in [1.165, 1.54) is 28.6 Å². The molecular weight excluding hydrogens is 474 g/mol. The van der Waals surface area contributed by atoms with E-state index in [9.17, 15) is 13.2 Å². The summed E-state index contributed by atoms with van der Waals surface area (Å²) in [6, 6.07) is 14.6. The Kier molecular flexibility index (Phi) is 7.03. The Morgan fingerprint density at radius 1 is 1.15 bits per heavy atom. The van der Waals surface area contributed by atoms with E-state index < -0.39 is 16.1 Å². The summed E-state index contributed by atoms with van der Waals surface area (Å²) in [6.07, 6.45) is 4.32. The van der Waals surface area contributed by atoms with Crippen LogP contribution in [0.3, 0.4) is 0 Å². The number of rotatable bonds is 6. The van der Waals surface area contributed by atoms with E-state index in [0.29, 0.717) is 29.3 Å². The normalized spacial score (nSPS) is 16.0. The third-order valence-electron chi connectivity index (χ3n) is 6.05. The van der Waals surface area contributed by atoms with Crippen molar-refractivity contribution in [1.29, 1.82) is 5.26 Å². The van der Waals surface area contributed by atoms with E-state index in [4.69, 9.17) is 16.9 Å². The number of nitrogens with one attached hydrogen (secondary N) is 1. The van der Waals surface area contributed by atoms with Crippen molar-refractivity contribution in [3.05, 3.63) is 82.9 Å². The van der Waals surface area contributed by atoms with Crippen molar-refractivity contribution in [3.63, 3.8) is 0 Å². The van der Waals surface area contributed by atoms with E-state index in [1.807, 2.05) is 36.0 Å². The monoisotopic (exact) mass is 497 g/mol. The van der Waals surface area contributed by atoms with Gasteiger partial charge >= 0.3 is 0 Å². The van der Waals surface area contributed by atoms with Crippen molar-refractivity contribution in [2.24, 2.45) is 13.0 Å². The molecule has 1 aromatic heterocycles. The fraction of sp³-hybridized carbons (Fsp3) is 0.292. The van der Waals surface area contributed by atoms with Crippen molar-refractivity contribution in [3.8, 4) is 6.07 Å². The molecule has 1 saturated heterocycles. The quantitative estimate of drug-likeness (QED) is 0.562. The van der Waals surface area contributed by atoms with Gasteiger partial charge in [-0.15, -0.1) is 0 Å². The van der Waals surface area contributed by atoms with Crippen molar-refractivity contribution in [2.75, 3.05) is 13.1 Å². The number of benzene rings is 2. The van der Waals surface area contributed by atoms with Gasteiger partial charge in [0.2, 0.25) is 15.9 Å². The smallest absolute Gasteiger partial charge is 0.243 e. The van der Waals surface area contributed by atoms with Crippen LogP contribution in [0.2, 0.25) is 5.02 Å². The molecule has 0 aliphatic carbocycles. The SMILES string of the molecule is Cn1ccnc1C(NC(=O)C1CCN(S(=O)(=O)c2ccc(C#N)cc2)CC1)c1ccc(Cl)cc1. The molecule has 1 N–H and O–H groups in total. The Morgan fingerprint density at radius 3 is 2.35 bits per heavy atom. The molecule has 0 radical (unpaired) electrons. The molecule has 176 valence electrons. The minimum Gasteiger partial charge on any atom is -0.342 e. The minimum atomic E-state index is -3.68. The second-order valence-electron chi connectivity index (χ2n) is 8.20. The predicted molar refractivity (Wildman–Crippen MR) is 127 cm³/mol. The van der Waals surface area contributed by atoms with Gasteiger partial charge in [0.05, 0.1) is 16.5 Å². The lowest BCUT2D eigenvalue weighted by Gasteiger charge is -2.31. The molecule has 0 spiro atoms. The third kappa shape index (κ3) is 4.99. The minimum absolute atomic E-state index is 0.140. The molecule has 1 aliphatic heterocycles. The number of carbonyl (C=O) groups is 1. The number of halogens is 1. The maximum Gasteiger partial charge on any atom is 0.243 e. The van der Waals surface area contributed by atoms with Gasteiger partial charge in [-0.2, -0.15) is 9.57 Å². The van der Waals surface area contributed by atoms with E-state index in [1.54, 1.807) is 18.3 Å². The fourth-order valence-corrected chi connectivity index (χ4v) is 5.67. The lowest BCUT2D eigenvalue weighted by molar-refractivity contribution is -0.126. The first-order chi connectivity index (χ1) is 16.3. The van der Waals surface area contributed by atoms with Crippen LogP contribution in [0.1, 0.15) is 35.8 Å². The summed E-state index contributed by atoms with van der Waals surface area (Å²) in [7, 11) is -1.82. The Labute approximate surface area is 203 Å². The molecule has 3 aromatic rings. The number of hydrogen-bond donors (Lipinski definition) is 1. The van der Waals surface area contributed by atoms with Crippen molar-refractivity contribution < 1.29 is 13.2 Å². The standard InChI is InChI=1S/C24H24ClN5O3S/c1-29-15-12-27-23(29)22(18-4-6-20(25)7-5-18)28-24(31)19-10-13-30(14-11-19)34(32,33)21-8-2-17(16-26)3-9-21/h2-9,12,15,19,22H,10-11,13-14H2,1H3,(H,28,31). The summed E-state index contributed by atoms with van der Waals surface area (Å²) in [6.45, 7) is 0.489. The van der Waals surface area contributed by atoms with Gasteiger partial charge in [0, 0.05) is 43.5 Å². The summed E-state index contributed by atoms with van der Waals surface area (Å²) in [5.74, 6) is 0.234. The molecule has 8 nitrogen and oxygen atoms in total. The summed E-state index contributed by atoms with van der Waals surface area (Å²) < 4.78 is 29.2. The molecule has 1 unspecified atom stereocenters. The lowest BCUT2D eigenvalue weighted by Crippen LogP contribution is -2.44. The average Bonchev–Trinajstić information content (AvgIpc) is 3.28. The molecule has 1 fully saturated rings. The lowest BCUT2D eigenvalue weighted by atomic mass is 9.96. The van der Waals surface area contributed by atoms with Crippen LogP contribution in [-0.2, 0) is 21.9 Å². The first kappa shape index (κ1) is 24.0. The molecule has 0 bridgehead atoms. The van der Waals surface area contributed by atoms with Crippen LogP contribution in [0.4, 0.5) is 0 Å². The number of aromatic nitrogens is 2. The zero-order valence-electron chi connectivity index (χ0n) is 18.6. The highest BCUT2D eigenvalue weighted by atomic mass is 35.5. The number of amides is 1. The summed E-state index contributed by atoms with van der Waals surface area (Å²) in [5.41, 5.74) is 1.25. The van der Waals surface area contributed by atoms with Crippen LogP contribution in [0.25, 0.3) is 0 Å². The van der Waals surface area contributed by atoms with E-state index in [0.717, 1.165) is 5.56 Å². The Hall–Kier alpha value is -3.19. The van der Waals surface area contributed by atoms with E-state index >= 15 is 0 Å². The maximum absolute atomic E-state index is 13.2. The topological polar surface area (TPSA) is 108 Å². The molecule has 4 rings (SSSR count). The molecule has 2 heterocycles. The number of imidazole rings is 1. The number of piperidine rings is 1. The Balaban J connectivity index is 1.45. The summed E-state index contributed by atoms with van der Waals surface area (Å²) in [4.78, 5) is 17.7. The van der Waals surface area contributed by atoms with Gasteiger partial charge in [0.15, 0.2) is 0 Å². The average molecular weight is 498 g/mol. The van der Waals surface area contributed by atoms with Gasteiger partial charge in [0.1, 0.15) is 11.9 Å². The number of aryl methyl sites for hydroxylation is 1. The zero-order chi connectivity index (χ0) is 24.3. The third-order valence-corrected chi connectivity index (χ3v) is 8.22. The highest BCUT2D eigenvalue weighted by molar-refractivity contribution is 7.89. The predicted octanol–water partition coefficient (Wildman–Crippen LogP) is 3.25. The molecule has 10 heteroatoms. The summed E-state index contributed by atoms with van der Waals surface area (Å²) in [5, 5.41) is 12.6. The van der Waals surface area contributed by atoms with Crippen LogP contribution >= 0.6 is 11.6 Å². The highest BCUT2D eigenvalue weighted by Gasteiger charge is 2.33. The van der Waals surface area contributed by atoms with Gasteiger partial charge in [-0.3, -0.25) is 4.79 Å². The van der Waals surface area contributed by atoms with Crippen LogP contribution in [-0.4, -0.2) is 41.3 Å². The van der Waals surface area contributed by atoms with Crippen LogP contribution in [0.5, 0.6) is 0 Å². The highest BCUT2D eigenvalue weighted by Crippen LogP contribution is 2.27.